The first-order valence-corrected chi connectivity index (χ1v) is 11.2. The number of methoxy groups -OCH3 is 2. The van der Waals surface area contributed by atoms with E-state index in [0.717, 1.165) is 62.0 Å². The van der Waals surface area contributed by atoms with Gasteiger partial charge in [-0.05, 0) is 46.7 Å². The minimum absolute atomic E-state index is 0. The second kappa shape index (κ2) is 12.0. The van der Waals surface area contributed by atoms with Crippen molar-refractivity contribution < 1.29 is 21.9 Å². The van der Waals surface area contributed by atoms with Crippen LogP contribution in [0.1, 0.15) is 29.9 Å². The number of hydrogen-bond donors (Lipinski definition) is 0. The number of halogens is 1. The van der Waals surface area contributed by atoms with Gasteiger partial charge in [-0.2, -0.15) is 0 Å². The lowest BCUT2D eigenvalue weighted by molar-refractivity contribution is -0.00000729. The number of piperazine rings is 1. The first-order chi connectivity index (χ1) is 15.7. The van der Waals surface area contributed by atoms with Crippen LogP contribution in [0.25, 0.3) is 0 Å². The first kappa shape index (κ1) is 25.0. The molecular formula is C24H32ClN6O2-. The monoisotopic (exact) mass is 471 g/mol. The maximum atomic E-state index is 5.45. The van der Waals surface area contributed by atoms with Gasteiger partial charge in [-0.1, -0.05) is 43.3 Å². The Morgan fingerprint density at radius 3 is 2.33 bits per heavy atom. The number of aromatic nitrogens is 4. The molecule has 4 rings (SSSR count). The Balaban J connectivity index is 0.00000306. The van der Waals surface area contributed by atoms with Gasteiger partial charge in [0.15, 0.2) is 17.3 Å². The molecule has 8 nitrogen and oxygen atoms in total. The summed E-state index contributed by atoms with van der Waals surface area (Å²) in [4.78, 5) is 4.98. The summed E-state index contributed by atoms with van der Waals surface area (Å²) in [7, 11) is 3.30. The smallest absolute Gasteiger partial charge is 0.173 e. The van der Waals surface area contributed by atoms with Gasteiger partial charge in [0, 0.05) is 32.7 Å². The molecule has 178 valence electrons. The van der Waals surface area contributed by atoms with Crippen molar-refractivity contribution in [1.29, 1.82) is 0 Å². The van der Waals surface area contributed by atoms with E-state index in [-0.39, 0.29) is 18.4 Å². The van der Waals surface area contributed by atoms with Crippen molar-refractivity contribution in [2.45, 2.75) is 25.9 Å². The number of benzene rings is 2. The lowest BCUT2D eigenvalue weighted by Crippen LogP contribution is -3.00. The molecule has 1 saturated heterocycles. The fourth-order valence-electron chi connectivity index (χ4n) is 4.33. The summed E-state index contributed by atoms with van der Waals surface area (Å²) in [5.74, 6) is 2.36. The molecule has 1 atom stereocenters. The molecule has 9 heteroatoms. The molecule has 2 aromatic carbocycles. The molecule has 1 fully saturated rings. The van der Waals surface area contributed by atoms with Crippen LogP contribution in [0.5, 0.6) is 11.5 Å². The minimum atomic E-state index is 0. The third-order valence-corrected chi connectivity index (χ3v) is 6.20. The number of rotatable bonds is 9. The molecule has 0 radical (unpaired) electrons. The van der Waals surface area contributed by atoms with Gasteiger partial charge in [0.05, 0.1) is 20.3 Å². The Hall–Kier alpha value is -2.68. The Bertz CT molecular complexity index is 992. The fourth-order valence-corrected chi connectivity index (χ4v) is 4.33. The molecule has 3 aromatic rings. The molecule has 0 amide bonds. The second-order valence-electron chi connectivity index (χ2n) is 7.98. The molecule has 0 spiro atoms. The van der Waals surface area contributed by atoms with Gasteiger partial charge in [0.1, 0.15) is 0 Å². The molecule has 0 aliphatic carbocycles. The summed E-state index contributed by atoms with van der Waals surface area (Å²) >= 11 is 0. The molecule has 1 unspecified atom stereocenters. The van der Waals surface area contributed by atoms with E-state index in [1.165, 1.54) is 5.56 Å². The van der Waals surface area contributed by atoms with Crippen LogP contribution in [0, 0.1) is 0 Å². The predicted molar refractivity (Wildman–Crippen MR) is 123 cm³/mol. The quantitative estimate of drug-likeness (QED) is 0.423. The topological polar surface area (TPSA) is 68.5 Å². The van der Waals surface area contributed by atoms with Gasteiger partial charge in [0.2, 0.25) is 0 Å². The number of hydrogen-bond acceptors (Lipinski definition) is 7. The molecule has 1 aliphatic rings. The van der Waals surface area contributed by atoms with E-state index in [1.54, 1.807) is 14.2 Å². The maximum Gasteiger partial charge on any atom is 0.173 e. The van der Waals surface area contributed by atoms with Crippen molar-refractivity contribution >= 4 is 0 Å². The van der Waals surface area contributed by atoms with Crippen molar-refractivity contribution in [1.82, 2.24) is 30.0 Å². The van der Waals surface area contributed by atoms with Gasteiger partial charge in [-0.25, -0.2) is 4.68 Å². The van der Waals surface area contributed by atoms with Gasteiger partial charge in [-0.3, -0.25) is 4.90 Å². The van der Waals surface area contributed by atoms with Crippen LogP contribution >= 0.6 is 0 Å². The average molecular weight is 472 g/mol. The fraction of sp³-hybridized carbons (Fsp3) is 0.458. The zero-order valence-electron chi connectivity index (χ0n) is 19.5. The van der Waals surface area contributed by atoms with Gasteiger partial charge in [-0.15, -0.1) is 5.10 Å². The highest BCUT2D eigenvalue weighted by Crippen LogP contribution is 2.29. The van der Waals surface area contributed by atoms with Crippen molar-refractivity contribution in [3.05, 3.63) is 65.5 Å². The van der Waals surface area contributed by atoms with E-state index in [2.05, 4.69) is 68.6 Å². The summed E-state index contributed by atoms with van der Waals surface area (Å²) in [5, 5.41) is 12.9. The Kier molecular flexibility index (Phi) is 9.05. The average Bonchev–Trinajstić information content (AvgIpc) is 3.31. The molecule has 2 heterocycles. The van der Waals surface area contributed by atoms with Crippen molar-refractivity contribution in [2.24, 2.45) is 0 Å². The van der Waals surface area contributed by atoms with Crippen molar-refractivity contribution in [3.63, 3.8) is 0 Å². The predicted octanol–water partition coefficient (Wildman–Crippen LogP) is -0.336. The van der Waals surface area contributed by atoms with Crippen LogP contribution < -0.4 is 21.9 Å². The third kappa shape index (κ3) is 5.82. The molecule has 0 saturated carbocycles. The normalized spacial score (nSPS) is 15.6. The Labute approximate surface area is 201 Å². The molecule has 0 bridgehead atoms. The van der Waals surface area contributed by atoms with E-state index >= 15 is 0 Å². The molecule has 0 N–H and O–H groups in total. The van der Waals surface area contributed by atoms with Crippen LogP contribution in [-0.4, -0.2) is 77.0 Å². The maximum absolute atomic E-state index is 5.45. The highest BCUT2D eigenvalue weighted by Gasteiger charge is 2.30. The van der Waals surface area contributed by atoms with Gasteiger partial charge in [0.25, 0.3) is 0 Å². The largest absolute Gasteiger partial charge is 1.00 e. The van der Waals surface area contributed by atoms with Crippen LogP contribution in [0.4, 0.5) is 0 Å². The lowest BCUT2D eigenvalue weighted by atomic mass is 10.0. The summed E-state index contributed by atoms with van der Waals surface area (Å²) < 4.78 is 12.7. The number of ether oxygens (including phenoxy) is 2. The number of likely N-dealkylation sites (N-methyl/N-ethyl adjacent to an activating group) is 1. The van der Waals surface area contributed by atoms with Crippen molar-refractivity contribution in [3.8, 4) is 11.5 Å². The van der Waals surface area contributed by atoms with Crippen LogP contribution in [0.3, 0.4) is 0 Å². The zero-order valence-corrected chi connectivity index (χ0v) is 20.3. The third-order valence-electron chi connectivity index (χ3n) is 6.20. The number of tetrazole rings is 1. The van der Waals surface area contributed by atoms with Crippen LogP contribution in [0.2, 0.25) is 0 Å². The van der Waals surface area contributed by atoms with Gasteiger partial charge < -0.3 is 26.8 Å². The van der Waals surface area contributed by atoms with E-state index in [1.807, 2.05) is 16.8 Å². The number of nitrogens with zero attached hydrogens (tertiary/aromatic N) is 6. The zero-order chi connectivity index (χ0) is 22.3. The number of aryl methyl sites for hydroxylation is 2. The molecule has 1 aromatic heterocycles. The Morgan fingerprint density at radius 2 is 1.67 bits per heavy atom. The molecular weight excluding hydrogens is 440 g/mol. The standard InChI is InChI=1S/C24H32N6O2.ClH/c1-4-28-14-16-29(17-15-28)23(20-8-6-5-7-9-20)24-25-26-27-30(24)13-12-19-10-11-21(31-2)22(18-19)32-3;/h5-11,18,23H,4,12-17H2,1-3H3;1H/p-1. The summed E-state index contributed by atoms with van der Waals surface area (Å²) in [6, 6.07) is 16.6. The summed E-state index contributed by atoms with van der Waals surface area (Å²) in [5.41, 5.74) is 2.37. The second-order valence-corrected chi connectivity index (χ2v) is 7.98. The highest BCUT2D eigenvalue weighted by molar-refractivity contribution is 5.42. The highest BCUT2D eigenvalue weighted by atomic mass is 35.5. The molecule has 33 heavy (non-hydrogen) atoms. The Morgan fingerprint density at radius 1 is 0.939 bits per heavy atom. The van der Waals surface area contributed by atoms with Gasteiger partial charge >= 0.3 is 0 Å². The lowest BCUT2D eigenvalue weighted by Gasteiger charge is -2.38. The summed E-state index contributed by atoms with van der Waals surface area (Å²) in [6.45, 7) is 8.12. The van der Waals surface area contributed by atoms with E-state index in [0.29, 0.717) is 6.54 Å². The molecule has 1 aliphatic heterocycles. The van der Waals surface area contributed by atoms with Crippen LogP contribution in [0.15, 0.2) is 48.5 Å². The van der Waals surface area contributed by atoms with E-state index in [9.17, 15) is 0 Å². The van der Waals surface area contributed by atoms with E-state index in [4.69, 9.17) is 9.47 Å². The SMILES string of the molecule is CCN1CCN(C(c2ccccc2)c2nnnn2CCc2ccc(OC)c(OC)c2)CC1.[Cl-]. The van der Waals surface area contributed by atoms with E-state index < -0.39 is 0 Å². The van der Waals surface area contributed by atoms with Crippen LogP contribution in [-0.2, 0) is 13.0 Å². The van der Waals surface area contributed by atoms with Crippen molar-refractivity contribution in [2.75, 3.05) is 46.9 Å². The first-order valence-electron chi connectivity index (χ1n) is 11.2. The minimum Gasteiger partial charge on any atom is -1.00 e. The summed E-state index contributed by atoms with van der Waals surface area (Å²) in [6.07, 6.45) is 0.795.